The van der Waals surface area contributed by atoms with E-state index in [2.05, 4.69) is 27.9 Å². The van der Waals surface area contributed by atoms with Crippen molar-refractivity contribution >= 4 is 11.9 Å². The predicted molar refractivity (Wildman–Crippen MR) is 104 cm³/mol. The molecule has 2 unspecified atom stereocenters. The van der Waals surface area contributed by atoms with Crippen molar-refractivity contribution in [3.05, 3.63) is 23.7 Å². The molecule has 0 aromatic carbocycles. The molecule has 2 heterocycles. The van der Waals surface area contributed by atoms with E-state index in [0.29, 0.717) is 32.1 Å². The van der Waals surface area contributed by atoms with E-state index in [-0.39, 0.29) is 18.1 Å². The number of hydrogen-bond donors (Lipinski definition) is 3. The molecular weight excluding hydrogens is 348 g/mol. The van der Waals surface area contributed by atoms with Gasteiger partial charge in [0.25, 0.3) is 5.91 Å². The van der Waals surface area contributed by atoms with Crippen molar-refractivity contribution in [2.45, 2.75) is 45.8 Å². The third-order valence-corrected chi connectivity index (χ3v) is 4.16. The molecule has 0 spiro atoms. The lowest BCUT2D eigenvalue weighted by Gasteiger charge is -2.19. The summed E-state index contributed by atoms with van der Waals surface area (Å²) in [6.07, 6.45) is 3.43. The van der Waals surface area contributed by atoms with Crippen molar-refractivity contribution in [3.63, 3.8) is 0 Å². The van der Waals surface area contributed by atoms with Gasteiger partial charge in [0.1, 0.15) is 0 Å². The van der Waals surface area contributed by atoms with E-state index in [4.69, 9.17) is 13.9 Å². The summed E-state index contributed by atoms with van der Waals surface area (Å²) in [6, 6.07) is 1.92. The maximum absolute atomic E-state index is 12.0. The van der Waals surface area contributed by atoms with Crippen molar-refractivity contribution in [2.75, 3.05) is 39.5 Å². The Morgan fingerprint density at radius 2 is 2.30 bits per heavy atom. The van der Waals surface area contributed by atoms with Gasteiger partial charge in [-0.3, -0.25) is 9.79 Å². The highest BCUT2D eigenvalue weighted by Crippen LogP contribution is 2.08. The Balaban J connectivity index is 1.66. The van der Waals surface area contributed by atoms with E-state index in [0.717, 1.165) is 37.5 Å². The summed E-state index contributed by atoms with van der Waals surface area (Å²) in [7, 11) is 0. The molecule has 8 nitrogen and oxygen atoms in total. The van der Waals surface area contributed by atoms with Crippen LogP contribution in [0.15, 0.2) is 21.7 Å². The van der Waals surface area contributed by atoms with Gasteiger partial charge in [-0.15, -0.1) is 0 Å². The number of guanidine groups is 1. The van der Waals surface area contributed by atoms with Crippen LogP contribution >= 0.6 is 0 Å². The topological polar surface area (TPSA) is 97.1 Å². The van der Waals surface area contributed by atoms with Crippen LogP contribution in [0.1, 0.15) is 42.8 Å². The van der Waals surface area contributed by atoms with Crippen molar-refractivity contribution in [1.29, 1.82) is 0 Å². The Bertz CT molecular complexity index is 596. The number of rotatable bonds is 10. The zero-order valence-corrected chi connectivity index (χ0v) is 16.5. The highest BCUT2D eigenvalue weighted by molar-refractivity contribution is 5.92. The molecule has 1 aromatic rings. The molecule has 1 saturated heterocycles. The minimum atomic E-state index is -0.187. The van der Waals surface area contributed by atoms with Crippen LogP contribution < -0.4 is 16.0 Å². The first-order chi connectivity index (χ1) is 13.1. The molecule has 3 N–H and O–H groups in total. The molecule has 152 valence electrons. The van der Waals surface area contributed by atoms with E-state index in [1.807, 2.05) is 13.8 Å². The smallest absolute Gasteiger partial charge is 0.287 e. The number of hydrogen-bond acceptors (Lipinski definition) is 5. The van der Waals surface area contributed by atoms with Crippen LogP contribution in [0.25, 0.3) is 0 Å². The maximum atomic E-state index is 12.0. The van der Waals surface area contributed by atoms with Crippen LogP contribution in [0.5, 0.6) is 0 Å². The Labute approximate surface area is 161 Å². The van der Waals surface area contributed by atoms with Crippen molar-refractivity contribution in [1.82, 2.24) is 16.0 Å². The molecule has 0 bridgehead atoms. The Kier molecular flexibility index (Phi) is 9.13. The van der Waals surface area contributed by atoms with E-state index >= 15 is 0 Å². The Hall–Kier alpha value is -2.06. The van der Waals surface area contributed by atoms with E-state index in [1.165, 1.54) is 6.26 Å². The van der Waals surface area contributed by atoms with Gasteiger partial charge in [-0.2, -0.15) is 0 Å². The minimum Gasteiger partial charge on any atom is -0.459 e. The number of nitrogens with zero attached hydrogens (tertiary/aromatic N) is 1. The average molecular weight is 380 g/mol. The SMILES string of the molecule is CCNC(=NCCCNC(=O)c1occc1C)NC(C)COC1CCOC1. The standard InChI is InChI=1S/C19H32N4O4/c1-4-20-19(23-15(3)12-27-16-7-10-25-13-16)22-9-5-8-21-18(24)17-14(2)6-11-26-17/h6,11,15-16H,4-5,7-10,12-13H2,1-3H3,(H,21,24)(H2,20,22,23). The zero-order valence-electron chi connectivity index (χ0n) is 16.5. The van der Waals surface area contributed by atoms with Crippen LogP contribution in [0.4, 0.5) is 0 Å². The molecule has 8 heteroatoms. The lowest BCUT2D eigenvalue weighted by Crippen LogP contribution is -2.44. The number of amides is 1. The van der Waals surface area contributed by atoms with Gasteiger partial charge in [0.2, 0.25) is 0 Å². The van der Waals surface area contributed by atoms with Crippen molar-refractivity contribution < 1.29 is 18.7 Å². The fourth-order valence-corrected chi connectivity index (χ4v) is 2.68. The van der Waals surface area contributed by atoms with Gasteiger partial charge in [-0.05, 0) is 39.7 Å². The van der Waals surface area contributed by atoms with Gasteiger partial charge in [0.05, 0.1) is 25.6 Å². The second kappa shape index (κ2) is 11.6. The fourth-order valence-electron chi connectivity index (χ4n) is 2.68. The van der Waals surface area contributed by atoms with Crippen molar-refractivity contribution in [3.8, 4) is 0 Å². The highest BCUT2D eigenvalue weighted by atomic mass is 16.5. The summed E-state index contributed by atoms with van der Waals surface area (Å²) in [5.74, 6) is 0.938. The minimum absolute atomic E-state index is 0.144. The molecule has 27 heavy (non-hydrogen) atoms. The second-order valence-corrected chi connectivity index (χ2v) is 6.67. The first-order valence-electron chi connectivity index (χ1n) is 9.66. The molecule has 1 aromatic heterocycles. The first kappa shape index (κ1) is 21.2. The Morgan fingerprint density at radius 3 is 2.96 bits per heavy atom. The van der Waals surface area contributed by atoms with Crippen LogP contribution in [0.2, 0.25) is 0 Å². The summed E-state index contributed by atoms with van der Waals surface area (Å²) >= 11 is 0. The normalized spacial score (nSPS) is 18.3. The molecule has 1 fully saturated rings. The van der Waals surface area contributed by atoms with Gasteiger partial charge >= 0.3 is 0 Å². The predicted octanol–water partition coefficient (Wildman–Crippen LogP) is 1.46. The van der Waals surface area contributed by atoms with Crippen molar-refractivity contribution in [2.24, 2.45) is 4.99 Å². The molecule has 1 amide bonds. The summed E-state index contributed by atoms with van der Waals surface area (Å²) in [5, 5.41) is 9.42. The zero-order chi connectivity index (χ0) is 19.5. The van der Waals surface area contributed by atoms with Gasteiger partial charge < -0.3 is 29.8 Å². The first-order valence-corrected chi connectivity index (χ1v) is 9.66. The molecule has 0 radical (unpaired) electrons. The Morgan fingerprint density at radius 1 is 1.44 bits per heavy atom. The molecule has 2 atom stereocenters. The number of carbonyl (C=O) groups excluding carboxylic acids is 1. The van der Waals surface area contributed by atoms with E-state index in [9.17, 15) is 4.79 Å². The highest BCUT2D eigenvalue weighted by Gasteiger charge is 2.17. The number of aryl methyl sites for hydroxylation is 1. The summed E-state index contributed by atoms with van der Waals surface area (Å²) in [4.78, 5) is 16.5. The van der Waals surface area contributed by atoms with Gasteiger partial charge in [-0.25, -0.2) is 0 Å². The molecule has 0 saturated carbocycles. The number of ether oxygens (including phenoxy) is 2. The van der Waals surface area contributed by atoms with E-state index < -0.39 is 0 Å². The van der Waals surface area contributed by atoms with Gasteiger partial charge in [0, 0.05) is 37.8 Å². The molecule has 1 aliphatic heterocycles. The molecule has 2 rings (SSSR count). The van der Waals surface area contributed by atoms with Crippen LogP contribution in [-0.4, -0.2) is 63.5 Å². The van der Waals surface area contributed by atoms with Crippen LogP contribution in [-0.2, 0) is 9.47 Å². The van der Waals surface area contributed by atoms with Gasteiger partial charge in [0.15, 0.2) is 11.7 Å². The summed E-state index contributed by atoms with van der Waals surface area (Å²) in [5.41, 5.74) is 0.838. The van der Waals surface area contributed by atoms with E-state index in [1.54, 1.807) is 6.07 Å². The fraction of sp³-hybridized carbons (Fsp3) is 0.684. The van der Waals surface area contributed by atoms with Crippen LogP contribution in [0, 0.1) is 6.92 Å². The summed E-state index contributed by atoms with van der Waals surface area (Å²) in [6.45, 7) is 9.95. The number of carbonyl (C=O) groups is 1. The third kappa shape index (κ3) is 7.60. The lowest BCUT2D eigenvalue weighted by atomic mass is 10.2. The number of furan rings is 1. The molecular formula is C19H32N4O4. The second-order valence-electron chi connectivity index (χ2n) is 6.67. The quantitative estimate of drug-likeness (QED) is 0.323. The average Bonchev–Trinajstić information content (AvgIpc) is 3.31. The number of nitrogens with one attached hydrogen (secondary N) is 3. The maximum Gasteiger partial charge on any atom is 0.287 e. The van der Waals surface area contributed by atoms with Gasteiger partial charge in [-0.1, -0.05) is 0 Å². The largest absolute Gasteiger partial charge is 0.459 e. The van der Waals surface area contributed by atoms with Crippen LogP contribution in [0.3, 0.4) is 0 Å². The third-order valence-electron chi connectivity index (χ3n) is 4.16. The summed E-state index contributed by atoms with van der Waals surface area (Å²) < 4.78 is 16.3. The lowest BCUT2D eigenvalue weighted by molar-refractivity contribution is 0.0347. The monoisotopic (exact) mass is 380 g/mol. The number of aliphatic imine (C=N–C) groups is 1. The molecule has 1 aliphatic rings. The molecule has 0 aliphatic carbocycles.